The van der Waals surface area contributed by atoms with Crippen LogP contribution >= 0.6 is 15.9 Å². The van der Waals surface area contributed by atoms with Gasteiger partial charge >= 0.3 is 6.36 Å². The van der Waals surface area contributed by atoms with E-state index in [4.69, 9.17) is 10.5 Å². The molecule has 0 aromatic heterocycles. The predicted molar refractivity (Wildman–Crippen MR) is 71.7 cm³/mol. The van der Waals surface area contributed by atoms with Crippen LogP contribution in [0.3, 0.4) is 0 Å². The molecule has 0 saturated heterocycles. The zero-order valence-electron chi connectivity index (χ0n) is 10.7. The maximum Gasteiger partial charge on any atom is 0.573 e. The van der Waals surface area contributed by atoms with Crippen LogP contribution in [0.4, 0.5) is 13.2 Å². The Morgan fingerprint density at radius 2 is 2.00 bits per heavy atom. The molecule has 0 amide bonds. The average molecular weight is 354 g/mol. The van der Waals surface area contributed by atoms with Gasteiger partial charge in [-0.2, -0.15) is 0 Å². The van der Waals surface area contributed by atoms with Crippen LogP contribution in [0.2, 0.25) is 0 Å². The van der Waals surface area contributed by atoms with Gasteiger partial charge in [0.2, 0.25) is 0 Å². The lowest BCUT2D eigenvalue weighted by atomic mass is 9.77. The maximum atomic E-state index is 12.2. The molecule has 1 saturated carbocycles. The molecule has 7 heteroatoms. The molecule has 112 valence electrons. The molecule has 0 radical (unpaired) electrons. The van der Waals surface area contributed by atoms with Crippen LogP contribution in [0.1, 0.15) is 25.7 Å². The second-order valence-electron chi connectivity index (χ2n) is 4.82. The van der Waals surface area contributed by atoms with Crippen molar-refractivity contribution in [3.05, 3.63) is 22.7 Å². The van der Waals surface area contributed by atoms with Crippen LogP contribution in [-0.2, 0) is 0 Å². The molecule has 0 bridgehead atoms. The highest BCUT2D eigenvalue weighted by Gasteiger charge is 2.38. The van der Waals surface area contributed by atoms with Crippen molar-refractivity contribution in [2.24, 2.45) is 5.73 Å². The van der Waals surface area contributed by atoms with Crippen LogP contribution < -0.4 is 15.2 Å². The number of hydrogen-bond donors (Lipinski definition) is 1. The molecular formula is C13H15BrF3NO2. The molecule has 1 fully saturated rings. The first-order valence-electron chi connectivity index (χ1n) is 6.28. The highest BCUT2D eigenvalue weighted by molar-refractivity contribution is 9.10. The summed E-state index contributed by atoms with van der Waals surface area (Å²) < 4.78 is 46.5. The van der Waals surface area contributed by atoms with E-state index in [1.54, 1.807) is 0 Å². The monoisotopic (exact) mass is 353 g/mol. The lowest BCUT2D eigenvalue weighted by Crippen LogP contribution is -2.44. The van der Waals surface area contributed by atoms with Gasteiger partial charge in [0.25, 0.3) is 0 Å². The third kappa shape index (κ3) is 3.79. The molecule has 0 atom stereocenters. The summed E-state index contributed by atoms with van der Waals surface area (Å²) >= 11 is 3.06. The topological polar surface area (TPSA) is 44.5 Å². The molecule has 0 unspecified atom stereocenters. The van der Waals surface area contributed by atoms with Gasteiger partial charge in [0.1, 0.15) is 17.1 Å². The Morgan fingerprint density at radius 3 is 2.45 bits per heavy atom. The van der Waals surface area contributed by atoms with E-state index in [9.17, 15) is 13.2 Å². The quantitative estimate of drug-likeness (QED) is 0.870. The summed E-state index contributed by atoms with van der Waals surface area (Å²) in [5.74, 6) is 0.228. The summed E-state index contributed by atoms with van der Waals surface area (Å²) in [7, 11) is 0. The van der Waals surface area contributed by atoms with Gasteiger partial charge in [0.15, 0.2) is 0 Å². The van der Waals surface area contributed by atoms with Gasteiger partial charge in [-0.05, 0) is 66.4 Å². The fourth-order valence-corrected chi connectivity index (χ4v) is 2.68. The molecule has 0 spiro atoms. The fraction of sp³-hybridized carbons (Fsp3) is 0.538. The van der Waals surface area contributed by atoms with E-state index in [-0.39, 0.29) is 15.8 Å². The molecular weight excluding hydrogens is 339 g/mol. The Bertz CT molecular complexity index is 475. The number of ether oxygens (including phenoxy) is 2. The largest absolute Gasteiger partial charge is 0.573 e. The summed E-state index contributed by atoms with van der Waals surface area (Å²) in [6, 6.07) is 4.20. The normalized spacial score (nSPS) is 17.4. The summed E-state index contributed by atoms with van der Waals surface area (Å²) in [5, 5.41) is 0. The second kappa shape index (κ2) is 5.81. The maximum absolute atomic E-state index is 12.2. The lowest BCUT2D eigenvalue weighted by molar-refractivity contribution is -0.274. The van der Waals surface area contributed by atoms with Crippen molar-refractivity contribution in [2.45, 2.75) is 37.6 Å². The van der Waals surface area contributed by atoms with Crippen LogP contribution in [0.25, 0.3) is 0 Å². The van der Waals surface area contributed by atoms with Crippen LogP contribution in [0.15, 0.2) is 22.7 Å². The molecule has 1 aromatic carbocycles. The Labute approximate surface area is 123 Å². The average Bonchev–Trinajstić information content (AvgIpc) is 2.28. The van der Waals surface area contributed by atoms with Gasteiger partial charge in [-0.3, -0.25) is 0 Å². The smallest absolute Gasteiger partial charge is 0.487 e. The first-order valence-corrected chi connectivity index (χ1v) is 7.07. The summed E-state index contributed by atoms with van der Waals surface area (Å²) in [4.78, 5) is 0. The Morgan fingerprint density at radius 1 is 1.30 bits per heavy atom. The number of hydrogen-bond acceptors (Lipinski definition) is 3. The van der Waals surface area contributed by atoms with E-state index in [2.05, 4.69) is 20.7 Å². The van der Waals surface area contributed by atoms with Crippen LogP contribution in [-0.4, -0.2) is 18.5 Å². The molecule has 20 heavy (non-hydrogen) atoms. The third-order valence-electron chi connectivity index (χ3n) is 3.33. The standard InChI is InChI=1S/C13H15BrF3NO2/c14-10-8-9(2-3-11(10)20-13(15,16)17)19-12(6-7-18)4-1-5-12/h2-3,8H,1,4-7,18H2. The van der Waals surface area contributed by atoms with E-state index in [0.29, 0.717) is 12.3 Å². The number of halogens is 4. The van der Waals surface area contributed by atoms with Gasteiger partial charge < -0.3 is 15.2 Å². The van der Waals surface area contributed by atoms with Crippen molar-refractivity contribution >= 4 is 15.9 Å². The van der Waals surface area contributed by atoms with Gasteiger partial charge in [0, 0.05) is 0 Å². The first-order chi connectivity index (χ1) is 9.34. The minimum absolute atomic E-state index is 0.203. The van der Waals surface area contributed by atoms with Gasteiger partial charge in [-0.15, -0.1) is 13.2 Å². The van der Waals surface area contributed by atoms with Gasteiger partial charge in [-0.1, -0.05) is 0 Å². The molecule has 2 N–H and O–H groups in total. The first kappa shape index (κ1) is 15.4. The Hall–Kier alpha value is -0.950. The molecule has 0 heterocycles. The summed E-state index contributed by atoms with van der Waals surface area (Å²) in [5.41, 5.74) is 5.30. The van der Waals surface area contributed by atoms with Crippen LogP contribution in [0.5, 0.6) is 11.5 Å². The van der Waals surface area contributed by atoms with Crippen molar-refractivity contribution < 1.29 is 22.6 Å². The lowest BCUT2D eigenvalue weighted by Gasteiger charge is -2.42. The van der Waals surface area contributed by atoms with E-state index in [1.807, 2.05) is 0 Å². The Balaban J connectivity index is 2.09. The third-order valence-corrected chi connectivity index (χ3v) is 3.95. The highest BCUT2D eigenvalue weighted by Crippen LogP contribution is 2.41. The van der Waals surface area contributed by atoms with Gasteiger partial charge in [0.05, 0.1) is 4.47 Å². The molecule has 3 nitrogen and oxygen atoms in total. The highest BCUT2D eigenvalue weighted by atomic mass is 79.9. The zero-order chi connectivity index (χ0) is 14.8. The van der Waals surface area contributed by atoms with Crippen molar-refractivity contribution in [1.29, 1.82) is 0 Å². The second-order valence-corrected chi connectivity index (χ2v) is 5.67. The number of alkyl halides is 3. The Kier molecular flexibility index (Phi) is 4.49. The van der Waals surface area contributed by atoms with Crippen molar-refractivity contribution in [3.8, 4) is 11.5 Å². The minimum Gasteiger partial charge on any atom is -0.487 e. The van der Waals surface area contributed by atoms with E-state index in [1.165, 1.54) is 18.2 Å². The predicted octanol–water partition coefficient (Wildman–Crippen LogP) is 4.00. The van der Waals surface area contributed by atoms with E-state index < -0.39 is 6.36 Å². The summed E-state index contributed by atoms with van der Waals surface area (Å²) in [6.45, 7) is 0.524. The number of benzene rings is 1. The fourth-order valence-electron chi connectivity index (χ4n) is 2.24. The SMILES string of the molecule is NCCC1(Oc2ccc(OC(F)(F)F)c(Br)c2)CCC1. The van der Waals surface area contributed by atoms with Crippen molar-refractivity contribution in [3.63, 3.8) is 0 Å². The van der Waals surface area contributed by atoms with E-state index >= 15 is 0 Å². The summed E-state index contributed by atoms with van der Waals surface area (Å²) in [6.07, 6.45) is -1.05. The molecule has 2 rings (SSSR count). The minimum atomic E-state index is -4.71. The van der Waals surface area contributed by atoms with Crippen molar-refractivity contribution in [2.75, 3.05) is 6.54 Å². The number of rotatable bonds is 5. The number of nitrogens with two attached hydrogens (primary N) is 1. The zero-order valence-corrected chi connectivity index (χ0v) is 12.3. The molecule has 1 aliphatic rings. The van der Waals surface area contributed by atoms with Crippen LogP contribution in [0, 0.1) is 0 Å². The van der Waals surface area contributed by atoms with E-state index in [0.717, 1.165) is 25.7 Å². The molecule has 1 aromatic rings. The molecule has 1 aliphatic carbocycles. The molecule has 0 aliphatic heterocycles. The van der Waals surface area contributed by atoms with Gasteiger partial charge in [-0.25, -0.2) is 0 Å². The van der Waals surface area contributed by atoms with Crippen molar-refractivity contribution in [1.82, 2.24) is 0 Å².